The minimum absolute atomic E-state index is 0. The van der Waals surface area contributed by atoms with Crippen molar-refractivity contribution >= 4 is 50.3 Å². The number of allylic oxidation sites excluding steroid dienone is 4. The van der Waals surface area contributed by atoms with E-state index < -0.39 is 0 Å². The number of esters is 1. The fourth-order valence-electron chi connectivity index (χ4n) is 4.99. The van der Waals surface area contributed by atoms with Gasteiger partial charge in [0.05, 0.1) is 36.3 Å². The largest absolute Gasteiger partial charge is 2.00 e. The van der Waals surface area contributed by atoms with Gasteiger partial charge in [0, 0.05) is 0 Å². The summed E-state index contributed by atoms with van der Waals surface area (Å²) in [4.78, 5) is 32.6. The molecule has 0 atom stereocenters. The number of carbonyl (C=O) groups excluding carboxylic acids is 1. The zero-order chi connectivity index (χ0) is 26.8. The predicted octanol–water partition coefficient (Wildman–Crippen LogP) is 6.42. The van der Waals surface area contributed by atoms with Gasteiger partial charge in [0.15, 0.2) is 0 Å². The number of carbonyl (C=O) groups is 1. The molecule has 38 heavy (non-hydrogen) atoms. The fourth-order valence-corrected chi connectivity index (χ4v) is 4.99. The van der Waals surface area contributed by atoms with E-state index in [4.69, 9.17) is 24.7 Å². The molecule has 5 rings (SSSR count). The van der Waals surface area contributed by atoms with E-state index in [-0.39, 0.29) is 29.5 Å². The topological polar surface area (TPSA) is 80.3 Å². The SMILES string of the molecule is COC(=O)Cc1c2nc(cc3[n-]c(cc4nc(cc5[n-]c1c(C)c5C)C(C)=C4C)c(C)c3C)C(C)=C2C.[Cu+2]. The normalized spacial score (nSPS) is 13.2. The molecule has 0 unspecified atom stereocenters. The zero-order valence-electron chi connectivity index (χ0n) is 23.3. The van der Waals surface area contributed by atoms with Gasteiger partial charge in [0.1, 0.15) is 0 Å². The van der Waals surface area contributed by atoms with Crippen LogP contribution < -0.4 is 9.97 Å². The first kappa shape index (κ1) is 27.6. The molecule has 7 heteroatoms. The van der Waals surface area contributed by atoms with E-state index in [1.54, 1.807) is 0 Å². The summed E-state index contributed by atoms with van der Waals surface area (Å²) in [5.74, 6) is -0.321. The second-order valence-corrected chi connectivity index (χ2v) is 10.1. The van der Waals surface area contributed by atoms with Crippen LogP contribution in [0.1, 0.15) is 78.3 Å². The molecule has 0 aliphatic carbocycles. The Labute approximate surface area is 234 Å². The van der Waals surface area contributed by atoms with Gasteiger partial charge in [-0.2, -0.15) is 0 Å². The van der Waals surface area contributed by atoms with Crippen LogP contribution in [0.5, 0.6) is 0 Å². The number of aryl methyl sites for hydroxylation is 4. The molecular formula is C31H32CuN4O2. The number of ether oxygens (including phenoxy) is 1. The number of aromatic nitrogens is 4. The summed E-state index contributed by atoms with van der Waals surface area (Å²) in [6.45, 7) is 16.6. The summed E-state index contributed by atoms with van der Waals surface area (Å²) in [7, 11) is 1.41. The number of methoxy groups -OCH3 is 1. The van der Waals surface area contributed by atoms with E-state index in [2.05, 4.69) is 61.5 Å². The van der Waals surface area contributed by atoms with E-state index in [0.29, 0.717) is 0 Å². The van der Waals surface area contributed by atoms with Gasteiger partial charge in [-0.3, -0.25) is 4.79 Å². The molecule has 0 fully saturated rings. The van der Waals surface area contributed by atoms with Crippen molar-refractivity contribution in [2.24, 2.45) is 0 Å². The van der Waals surface area contributed by atoms with E-state index in [0.717, 1.165) is 95.0 Å². The van der Waals surface area contributed by atoms with Crippen LogP contribution in [-0.4, -0.2) is 23.0 Å². The Morgan fingerprint density at radius 1 is 0.684 bits per heavy atom. The average Bonchev–Trinajstić information content (AvgIpc) is 3.50. The maximum absolute atomic E-state index is 12.6. The maximum atomic E-state index is 12.6. The third kappa shape index (κ3) is 4.34. The average molecular weight is 556 g/mol. The zero-order valence-corrected chi connectivity index (χ0v) is 24.3. The fraction of sp³-hybridized carbons (Fsp3) is 0.323. The third-order valence-corrected chi connectivity index (χ3v) is 8.15. The van der Waals surface area contributed by atoms with Crippen molar-refractivity contribution in [3.63, 3.8) is 0 Å². The van der Waals surface area contributed by atoms with Crippen LogP contribution in [-0.2, 0) is 33.0 Å². The monoisotopic (exact) mass is 555 g/mol. The summed E-state index contributed by atoms with van der Waals surface area (Å²) in [6, 6.07) is 6.17. The first-order valence-electron chi connectivity index (χ1n) is 12.5. The molecule has 8 bridgehead atoms. The van der Waals surface area contributed by atoms with Crippen molar-refractivity contribution in [3.05, 3.63) is 68.8 Å². The van der Waals surface area contributed by atoms with Crippen LogP contribution in [0.2, 0.25) is 0 Å². The van der Waals surface area contributed by atoms with Crippen molar-refractivity contribution in [1.29, 1.82) is 0 Å². The summed E-state index contributed by atoms with van der Waals surface area (Å²) in [6.07, 6.45) is 0.0900. The molecule has 3 aromatic heterocycles. The molecule has 5 heterocycles. The second-order valence-electron chi connectivity index (χ2n) is 10.1. The van der Waals surface area contributed by atoms with Crippen molar-refractivity contribution in [2.75, 3.05) is 7.11 Å². The molecule has 199 valence electrons. The summed E-state index contributed by atoms with van der Waals surface area (Å²) < 4.78 is 5.07. The van der Waals surface area contributed by atoms with Crippen LogP contribution >= 0.6 is 0 Å². The number of hydrogen-bond donors (Lipinski definition) is 0. The van der Waals surface area contributed by atoms with Crippen LogP contribution in [0.15, 0.2) is 18.2 Å². The van der Waals surface area contributed by atoms with Gasteiger partial charge < -0.3 is 14.7 Å². The summed E-state index contributed by atoms with van der Waals surface area (Å²) >= 11 is 0. The van der Waals surface area contributed by atoms with E-state index in [1.165, 1.54) is 7.11 Å². The predicted molar refractivity (Wildman–Crippen MR) is 150 cm³/mol. The van der Waals surface area contributed by atoms with Gasteiger partial charge in [-0.15, -0.1) is 22.1 Å². The van der Waals surface area contributed by atoms with Crippen molar-refractivity contribution < 1.29 is 26.6 Å². The molecule has 2 aliphatic heterocycles. The summed E-state index contributed by atoms with van der Waals surface area (Å²) in [5.41, 5.74) is 16.4. The van der Waals surface area contributed by atoms with Gasteiger partial charge in [-0.05, 0) is 83.2 Å². The minimum atomic E-state index is -0.321. The van der Waals surface area contributed by atoms with Gasteiger partial charge in [-0.1, -0.05) is 40.5 Å². The van der Waals surface area contributed by atoms with Gasteiger partial charge in [0.25, 0.3) is 0 Å². The van der Waals surface area contributed by atoms with Gasteiger partial charge in [-0.25, -0.2) is 9.97 Å². The van der Waals surface area contributed by atoms with Crippen LogP contribution in [0.25, 0.3) is 44.4 Å². The Kier molecular flexibility index (Phi) is 7.30. The number of fused-ring (bicyclic) bond motifs is 8. The number of nitrogens with zero attached hydrogens (tertiary/aromatic N) is 4. The summed E-state index contributed by atoms with van der Waals surface area (Å²) in [5, 5.41) is 0. The van der Waals surface area contributed by atoms with Crippen LogP contribution in [0.4, 0.5) is 0 Å². The maximum Gasteiger partial charge on any atom is 2.00 e. The smallest absolute Gasteiger partial charge is 0.657 e. The molecule has 3 aromatic rings. The molecule has 0 aromatic carbocycles. The van der Waals surface area contributed by atoms with Crippen molar-refractivity contribution in [2.45, 2.75) is 61.8 Å². The molecular weight excluding hydrogens is 524 g/mol. The molecule has 0 saturated carbocycles. The minimum Gasteiger partial charge on any atom is -0.657 e. The van der Waals surface area contributed by atoms with Gasteiger partial charge in [0.2, 0.25) is 0 Å². The van der Waals surface area contributed by atoms with Crippen LogP contribution in [0.3, 0.4) is 0 Å². The Morgan fingerprint density at radius 2 is 1.13 bits per heavy atom. The Morgan fingerprint density at radius 3 is 1.66 bits per heavy atom. The Balaban J connectivity index is 0.00000336. The van der Waals surface area contributed by atoms with Crippen LogP contribution in [0, 0.1) is 27.7 Å². The molecule has 0 saturated heterocycles. The van der Waals surface area contributed by atoms with Crippen molar-refractivity contribution in [1.82, 2.24) is 19.9 Å². The standard InChI is InChI=1S/C31H32N4O2.Cu/c1-14-16(3)25-12-27-18(5)20(7)30(34-27)22(10-29(36)37-9)31-21(8)19(6)28(35-31)13-26-17(4)15(2)24(33-26)11-23(14)32-25;/h11-13H,10H2,1-9H3;/q-2;+2. The number of rotatable bonds is 2. The third-order valence-electron chi connectivity index (χ3n) is 8.15. The van der Waals surface area contributed by atoms with Crippen molar-refractivity contribution in [3.8, 4) is 0 Å². The molecule has 6 nitrogen and oxygen atoms in total. The van der Waals surface area contributed by atoms with Gasteiger partial charge >= 0.3 is 23.0 Å². The molecule has 0 spiro atoms. The number of hydrogen-bond acceptors (Lipinski definition) is 4. The first-order chi connectivity index (χ1) is 17.5. The van der Waals surface area contributed by atoms with E-state index in [9.17, 15) is 4.79 Å². The van der Waals surface area contributed by atoms with E-state index in [1.807, 2.05) is 12.1 Å². The molecule has 0 amide bonds. The second kappa shape index (κ2) is 10.0. The quantitative estimate of drug-likeness (QED) is 0.268. The Hall–Kier alpha value is -3.41. The molecule has 2 aliphatic rings. The molecule has 0 N–H and O–H groups in total. The molecule has 1 radical (unpaired) electrons. The van der Waals surface area contributed by atoms with E-state index >= 15 is 0 Å². The Bertz CT molecular complexity index is 1730. The first-order valence-corrected chi connectivity index (χ1v) is 12.5.